The van der Waals surface area contributed by atoms with Gasteiger partial charge in [0.2, 0.25) is 0 Å². The average Bonchev–Trinajstić information content (AvgIpc) is 3.06. The monoisotopic (exact) mass is 226 g/mol. The van der Waals surface area contributed by atoms with Crippen LogP contribution >= 0.6 is 0 Å². The van der Waals surface area contributed by atoms with Crippen molar-refractivity contribution in [2.45, 2.75) is 71.4 Å². The summed E-state index contributed by atoms with van der Waals surface area (Å²) < 4.78 is 0. The van der Waals surface area contributed by atoms with Crippen LogP contribution in [0.4, 0.5) is 0 Å². The van der Waals surface area contributed by atoms with E-state index in [4.69, 9.17) is 5.73 Å². The van der Waals surface area contributed by atoms with Gasteiger partial charge in [-0.15, -0.1) is 0 Å². The van der Waals surface area contributed by atoms with E-state index in [0.717, 1.165) is 12.5 Å². The summed E-state index contributed by atoms with van der Waals surface area (Å²) in [7, 11) is 0. The molecule has 96 valence electrons. The van der Waals surface area contributed by atoms with Crippen LogP contribution in [-0.4, -0.2) is 29.6 Å². The van der Waals surface area contributed by atoms with Gasteiger partial charge in [0.05, 0.1) is 0 Å². The lowest BCUT2D eigenvalue weighted by Crippen LogP contribution is -2.52. The van der Waals surface area contributed by atoms with Crippen molar-refractivity contribution in [3.8, 4) is 0 Å². The fraction of sp³-hybridized carbons (Fsp3) is 1.00. The summed E-state index contributed by atoms with van der Waals surface area (Å²) >= 11 is 0. The van der Waals surface area contributed by atoms with Crippen molar-refractivity contribution in [1.82, 2.24) is 4.90 Å². The van der Waals surface area contributed by atoms with Gasteiger partial charge in [0.1, 0.15) is 0 Å². The van der Waals surface area contributed by atoms with Gasteiger partial charge < -0.3 is 5.73 Å². The Morgan fingerprint density at radius 2 is 2.00 bits per heavy atom. The summed E-state index contributed by atoms with van der Waals surface area (Å²) in [5.41, 5.74) is 6.48. The summed E-state index contributed by atoms with van der Waals surface area (Å²) in [6, 6.07) is 0.674. The molecule has 0 aliphatic heterocycles. The van der Waals surface area contributed by atoms with Crippen molar-refractivity contribution in [3.05, 3.63) is 0 Å². The minimum atomic E-state index is 0.0389. The molecule has 0 aromatic carbocycles. The number of hydrogen-bond acceptors (Lipinski definition) is 2. The third kappa shape index (κ3) is 4.06. The Morgan fingerprint density at radius 1 is 1.38 bits per heavy atom. The van der Waals surface area contributed by atoms with Gasteiger partial charge in [-0.05, 0) is 52.0 Å². The van der Waals surface area contributed by atoms with Crippen LogP contribution in [0.1, 0.15) is 59.8 Å². The second kappa shape index (κ2) is 6.02. The highest BCUT2D eigenvalue weighted by Gasteiger charge is 2.39. The normalized spacial score (nSPS) is 22.1. The maximum atomic E-state index is 6.45. The highest BCUT2D eigenvalue weighted by atomic mass is 15.2. The van der Waals surface area contributed by atoms with E-state index >= 15 is 0 Å². The molecule has 2 atom stereocenters. The van der Waals surface area contributed by atoms with Crippen LogP contribution in [0.25, 0.3) is 0 Å². The number of hydrogen-bond donors (Lipinski definition) is 1. The Kier molecular flexibility index (Phi) is 5.26. The lowest BCUT2D eigenvalue weighted by Gasteiger charge is -2.36. The summed E-state index contributed by atoms with van der Waals surface area (Å²) in [5.74, 6) is 0.778. The van der Waals surface area contributed by atoms with Crippen LogP contribution in [0.3, 0.4) is 0 Å². The summed E-state index contributed by atoms with van der Waals surface area (Å²) in [6.07, 6.45) is 6.48. The van der Waals surface area contributed by atoms with Crippen LogP contribution in [0, 0.1) is 5.92 Å². The van der Waals surface area contributed by atoms with Crippen molar-refractivity contribution < 1.29 is 0 Å². The highest BCUT2D eigenvalue weighted by molar-refractivity contribution is 4.97. The van der Waals surface area contributed by atoms with Gasteiger partial charge in [-0.1, -0.05) is 20.3 Å². The Hall–Kier alpha value is -0.0800. The predicted molar refractivity (Wildman–Crippen MR) is 71.6 cm³/mol. The third-order valence-corrected chi connectivity index (χ3v) is 4.07. The largest absolute Gasteiger partial charge is 0.324 e. The third-order valence-electron chi connectivity index (χ3n) is 4.07. The van der Waals surface area contributed by atoms with Gasteiger partial charge in [0.15, 0.2) is 0 Å². The number of unbranched alkanes of at least 4 members (excludes halogenated alkanes) is 1. The van der Waals surface area contributed by atoms with E-state index in [0.29, 0.717) is 6.04 Å². The van der Waals surface area contributed by atoms with E-state index in [1.165, 1.54) is 38.6 Å². The lowest BCUT2D eigenvalue weighted by molar-refractivity contribution is 0.151. The number of rotatable bonds is 8. The molecule has 0 radical (unpaired) electrons. The molecule has 0 heterocycles. The van der Waals surface area contributed by atoms with E-state index in [-0.39, 0.29) is 5.54 Å². The average molecular weight is 226 g/mol. The Labute approximate surface area is 102 Å². The van der Waals surface area contributed by atoms with E-state index in [1.807, 2.05) is 0 Å². The molecular weight excluding hydrogens is 196 g/mol. The van der Waals surface area contributed by atoms with Gasteiger partial charge in [-0.2, -0.15) is 0 Å². The Bertz CT molecular complexity index is 197. The fourth-order valence-corrected chi connectivity index (χ4v) is 2.38. The lowest BCUT2D eigenvalue weighted by atomic mass is 9.95. The maximum Gasteiger partial charge on any atom is 0.0283 e. The zero-order valence-corrected chi connectivity index (χ0v) is 11.6. The fourth-order valence-electron chi connectivity index (χ4n) is 2.38. The number of nitrogens with zero attached hydrogens (tertiary/aromatic N) is 1. The van der Waals surface area contributed by atoms with Crippen molar-refractivity contribution >= 4 is 0 Å². The first-order valence-electron chi connectivity index (χ1n) is 7.04. The quantitative estimate of drug-likeness (QED) is 0.689. The second-order valence-corrected chi connectivity index (χ2v) is 5.86. The minimum Gasteiger partial charge on any atom is -0.324 e. The van der Waals surface area contributed by atoms with Crippen LogP contribution < -0.4 is 5.73 Å². The molecule has 1 saturated carbocycles. The summed E-state index contributed by atoms with van der Waals surface area (Å²) in [4.78, 5) is 2.60. The second-order valence-electron chi connectivity index (χ2n) is 5.86. The molecule has 1 aliphatic carbocycles. The van der Waals surface area contributed by atoms with E-state index < -0.39 is 0 Å². The standard InChI is InChI=1S/C14H30N2/c1-5-7-10-16(12(3)6-2)11-14(4,15)13-8-9-13/h12-13H,5-11,15H2,1-4H3. The molecule has 0 aromatic heterocycles. The summed E-state index contributed by atoms with van der Waals surface area (Å²) in [5, 5.41) is 0. The molecular formula is C14H30N2. The minimum absolute atomic E-state index is 0.0389. The van der Waals surface area contributed by atoms with Crippen molar-refractivity contribution in [2.24, 2.45) is 11.7 Å². The van der Waals surface area contributed by atoms with E-state index in [9.17, 15) is 0 Å². The van der Waals surface area contributed by atoms with Gasteiger partial charge in [0.25, 0.3) is 0 Å². The first kappa shape index (κ1) is 14.0. The first-order valence-corrected chi connectivity index (χ1v) is 7.04. The van der Waals surface area contributed by atoms with Crippen molar-refractivity contribution in [3.63, 3.8) is 0 Å². The molecule has 16 heavy (non-hydrogen) atoms. The molecule has 1 aliphatic rings. The Balaban J connectivity index is 2.47. The SMILES string of the molecule is CCCCN(CC(C)(N)C1CC1)C(C)CC. The van der Waals surface area contributed by atoms with Crippen LogP contribution in [0.2, 0.25) is 0 Å². The molecule has 0 amide bonds. The zero-order valence-electron chi connectivity index (χ0n) is 11.6. The van der Waals surface area contributed by atoms with Crippen LogP contribution in [0.5, 0.6) is 0 Å². The molecule has 0 bridgehead atoms. The predicted octanol–water partition coefficient (Wildman–Crippen LogP) is 3.01. The molecule has 1 fully saturated rings. The van der Waals surface area contributed by atoms with Gasteiger partial charge >= 0.3 is 0 Å². The molecule has 0 aromatic rings. The van der Waals surface area contributed by atoms with Gasteiger partial charge in [0, 0.05) is 18.1 Å². The van der Waals surface area contributed by atoms with E-state index in [2.05, 4.69) is 32.6 Å². The molecule has 1 rings (SSSR count). The van der Waals surface area contributed by atoms with Crippen LogP contribution in [0.15, 0.2) is 0 Å². The smallest absolute Gasteiger partial charge is 0.0283 e. The van der Waals surface area contributed by atoms with Gasteiger partial charge in [-0.25, -0.2) is 0 Å². The number of nitrogens with two attached hydrogens (primary N) is 1. The topological polar surface area (TPSA) is 29.3 Å². The van der Waals surface area contributed by atoms with Crippen molar-refractivity contribution in [1.29, 1.82) is 0 Å². The first-order chi connectivity index (χ1) is 7.51. The molecule has 2 unspecified atom stereocenters. The highest BCUT2D eigenvalue weighted by Crippen LogP contribution is 2.38. The zero-order chi connectivity index (χ0) is 12.2. The molecule has 0 saturated heterocycles. The molecule has 2 heteroatoms. The molecule has 0 spiro atoms. The summed E-state index contributed by atoms with van der Waals surface area (Å²) in [6.45, 7) is 11.4. The van der Waals surface area contributed by atoms with Crippen molar-refractivity contribution in [2.75, 3.05) is 13.1 Å². The van der Waals surface area contributed by atoms with E-state index in [1.54, 1.807) is 0 Å². The Morgan fingerprint density at radius 3 is 2.44 bits per heavy atom. The van der Waals surface area contributed by atoms with Crippen LogP contribution in [-0.2, 0) is 0 Å². The molecule has 2 N–H and O–H groups in total. The molecule has 2 nitrogen and oxygen atoms in total. The van der Waals surface area contributed by atoms with Gasteiger partial charge in [-0.3, -0.25) is 4.90 Å². The maximum absolute atomic E-state index is 6.45.